The second kappa shape index (κ2) is 9.18. The van der Waals surface area contributed by atoms with E-state index in [0.717, 1.165) is 6.07 Å². The van der Waals surface area contributed by atoms with Crippen LogP contribution in [0.3, 0.4) is 0 Å². The molecule has 34 heavy (non-hydrogen) atoms. The molecule has 0 aliphatic carbocycles. The molecule has 0 spiro atoms. The highest BCUT2D eigenvalue weighted by atomic mass is 35.5. The zero-order valence-electron chi connectivity index (χ0n) is 17.7. The van der Waals surface area contributed by atoms with Crippen LogP contribution in [0, 0.1) is 17.1 Å². The first kappa shape index (κ1) is 22.0. The maximum absolute atomic E-state index is 14.7. The van der Waals surface area contributed by atoms with Gasteiger partial charge in [0.25, 0.3) is 0 Å². The number of halogens is 2. The molecule has 1 aliphatic heterocycles. The lowest BCUT2D eigenvalue weighted by atomic mass is 10.2. The van der Waals surface area contributed by atoms with Crippen molar-refractivity contribution in [2.75, 3.05) is 36.5 Å². The monoisotopic (exact) mass is 480 g/mol. The topological polar surface area (TPSA) is 125 Å². The molecule has 1 aromatic carbocycles. The van der Waals surface area contributed by atoms with Crippen molar-refractivity contribution in [3.05, 3.63) is 59.4 Å². The smallest absolute Gasteiger partial charge is 0.151 e. The van der Waals surface area contributed by atoms with E-state index >= 15 is 0 Å². The van der Waals surface area contributed by atoms with Gasteiger partial charge in [-0.25, -0.2) is 24.0 Å². The van der Waals surface area contributed by atoms with Crippen LogP contribution in [0.4, 0.5) is 21.8 Å². The number of morpholine rings is 1. The Labute approximate surface area is 198 Å². The number of pyridine rings is 1. The van der Waals surface area contributed by atoms with Crippen LogP contribution in [0.5, 0.6) is 0 Å². The van der Waals surface area contributed by atoms with Crippen LogP contribution in [0.1, 0.15) is 5.56 Å². The molecule has 0 saturated carbocycles. The van der Waals surface area contributed by atoms with Crippen LogP contribution in [-0.4, -0.2) is 62.2 Å². The fourth-order valence-electron chi connectivity index (χ4n) is 3.76. The van der Waals surface area contributed by atoms with Gasteiger partial charge in [0.05, 0.1) is 47.7 Å². The Hall–Kier alpha value is -3.85. The highest BCUT2D eigenvalue weighted by molar-refractivity contribution is 6.32. The van der Waals surface area contributed by atoms with E-state index in [1.165, 1.54) is 17.1 Å². The Morgan fingerprint density at radius 1 is 1.21 bits per heavy atom. The number of rotatable bonds is 5. The number of anilines is 3. The average molecular weight is 481 g/mol. The molecule has 3 aromatic heterocycles. The third kappa shape index (κ3) is 4.22. The maximum atomic E-state index is 14.7. The molecule has 1 fully saturated rings. The highest BCUT2D eigenvalue weighted by Gasteiger charge is 2.21. The summed E-state index contributed by atoms with van der Waals surface area (Å²) in [6.45, 7) is 1.60. The third-order valence-electron chi connectivity index (χ3n) is 5.39. The van der Waals surface area contributed by atoms with E-state index in [1.807, 2.05) is 11.0 Å². The van der Waals surface area contributed by atoms with Crippen molar-refractivity contribution in [3.8, 4) is 11.8 Å². The first-order valence-electron chi connectivity index (χ1n) is 10.4. The number of hydrogen-bond donors (Lipinski definition) is 2. The number of nitriles is 1. The number of nitrogens with one attached hydrogen (secondary N) is 1. The largest absolute Gasteiger partial charge is 0.394 e. The minimum atomic E-state index is -0.660. The molecule has 1 saturated heterocycles. The summed E-state index contributed by atoms with van der Waals surface area (Å²) in [6.07, 6.45) is 4.33. The molecule has 5 rings (SSSR count). The fraction of sp³-hybridized carbons (Fsp3) is 0.227. The zero-order valence-corrected chi connectivity index (χ0v) is 18.4. The van der Waals surface area contributed by atoms with Gasteiger partial charge in [0.15, 0.2) is 5.82 Å². The molecule has 2 N–H and O–H groups in total. The van der Waals surface area contributed by atoms with Gasteiger partial charge in [-0.05, 0) is 12.1 Å². The lowest BCUT2D eigenvalue weighted by molar-refractivity contribution is 0.00336. The molecule has 10 nitrogen and oxygen atoms in total. The van der Waals surface area contributed by atoms with Gasteiger partial charge in [-0.15, -0.1) is 0 Å². The summed E-state index contributed by atoms with van der Waals surface area (Å²) in [5, 5.41) is 26.6. The van der Waals surface area contributed by atoms with E-state index in [1.54, 1.807) is 24.5 Å². The van der Waals surface area contributed by atoms with Gasteiger partial charge in [0.2, 0.25) is 0 Å². The molecule has 0 amide bonds. The number of hydrogen-bond acceptors (Lipinski definition) is 9. The van der Waals surface area contributed by atoms with E-state index in [2.05, 4.69) is 25.4 Å². The summed E-state index contributed by atoms with van der Waals surface area (Å²) in [4.78, 5) is 15.0. The van der Waals surface area contributed by atoms with Gasteiger partial charge in [0, 0.05) is 36.8 Å². The second-order valence-corrected chi connectivity index (χ2v) is 8.00. The van der Waals surface area contributed by atoms with Crippen LogP contribution < -0.4 is 10.2 Å². The molecular weight excluding hydrogens is 463 g/mol. The van der Waals surface area contributed by atoms with Gasteiger partial charge in [-0.3, -0.25) is 0 Å². The summed E-state index contributed by atoms with van der Waals surface area (Å²) in [7, 11) is 0. The molecule has 4 aromatic rings. The van der Waals surface area contributed by atoms with E-state index in [-0.39, 0.29) is 29.0 Å². The summed E-state index contributed by atoms with van der Waals surface area (Å²) < 4.78 is 21.6. The number of fused-ring (bicyclic) bond motifs is 1. The number of aliphatic hydroxyl groups is 1. The van der Waals surface area contributed by atoms with Gasteiger partial charge >= 0.3 is 0 Å². The van der Waals surface area contributed by atoms with Crippen molar-refractivity contribution < 1.29 is 14.2 Å². The summed E-state index contributed by atoms with van der Waals surface area (Å²) in [6, 6.07) is 7.87. The number of aromatic nitrogens is 5. The lowest BCUT2D eigenvalue weighted by Crippen LogP contribution is -2.44. The molecule has 1 atom stereocenters. The van der Waals surface area contributed by atoms with Crippen molar-refractivity contribution >= 4 is 40.0 Å². The van der Waals surface area contributed by atoms with Crippen molar-refractivity contribution in [3.63, 3.8) is 0 Å². The number of nitrogens with zero attached hydrogens (tertiary/aromatic N) is 7. The number of aliphatic hydroxyl groups excluding tert-OH is 1. The maximum Gasteiger partial charge on any atom is 0.151 e. The first-order valence-corrected chi connectivity index (χ1v) is 10.7. The van der Waals surface area contributed by atoms with Gasteiger partial charge in [0.1, 0.15) is 29.5 Å². The summed E-state index contributed by atoms with van der Waals surface area (Å²) >= 11 is 6.26. The third-order valence-corrected chi connectivity index (χ3v) is 5.67. The zero-order chi connectivity index (χ0) is 23.7. The minimum absolute atomic E-state index is 0.0443. The quantitative estimate of drug-likeness (QED) is 0.443. The predicted molar refractivity (Wildman–Crippen MR) is 123 cm³/mol. The standard InChI is InChI=1S/C22H18ClFN8O2/c23-16-3-13(7-25)4-17(24)22(16)32-18-5-19(26-8-14(18)9-29-32)30-20-6-21(28-12-27-20)31-1-2-34-15(10-31)11-33/h3-6,8-9,12,15,33H,1-2,10-11H2,(H,26,27,28,30)/t15-/m1/s1. The second-order valence-electron chi connectivity index (χ2n) is 7.59. The normalized spacial score (nSPS) is 15.9. The van der Waals surface area contributed by atoms with Crippen LogP contribution in [-0.2, 0) is 4.74 Å². The van der Waals surface area contributed by atoms with Crippen LogP contribution in [0.25, 0.3) is 16.6 Å². The highest BCUT2D eigenvalue weighted by Crippen LogP contribution is 2.29. The molecule has 172 valence electrons. The van der Waals surface area contributed by atoms with Crippen molar-refractivity contribution in [1.82, 2.24) is 24.7 Å². The fourth-order valence-corrected chi connectivity index (χ4v) is 4.04. The Kier molecular flexibility index (Phi) is 5.93. The number of benzene rings is 1. The minimum Gasteiger partial charge on any atom is -0.394 e. The van der Waals surface area contributed by atoms with Crippen molar-refractivity contribution in [2.24, 2.45) is 0 Å². The summed E-state index contributed by atoms with van der Waals surface area (Å²) in [5.74, 6) is 1.00. The Bertz CT molecular complexity index is 1380. The number of ether oxygens (including phenoxy) is 1. The molecule has 0 radical (unpaired) electrons. The van der Waals surface area contributed by atoms with E-state index in [4.69, 9.17) is 21.6 Å². The van der Waals surface area contributed by atoms with Crippen LogP contribution >= 0.6 is 11.6 Å². The molecule has 4 heterocycles. The Balaban J connectivity index is 1.45. The average Bonchev–Trinajstić information content (AvgIpc) is 3.26. The van der Waals surface area contributed by atoms with Crippen molar-refractivity contribution in [1.29, 1.82) is 5.26 Å². The molecule has 0 bridgehead atoms. The molecule has 12 heteroatoms. The molecular formula is C22H18ClFN8O2. The Morgan fingerprint density at radius 2 is 2.06 bits per heavy atom. The first-order chi connectivity index (χ1) is 16.6. The summed E-state index contributed by atoms with van der Waals surface area (Å²) in [5.41, 5.74) is 0.732. The molecule has 1 aliphatic rings. The van der Waals surface area contributed by atoms with Gasteiger partial charge < -0.3 is 20.1 Å². The van der Waals surface area contributed by atoms with E-state index in [9.17, 15) is 9.50 Å². The SMILES string of the molecule is N#Cc1cc(F)c(-n2ncc3cnc(Nc4cc(N5CCO[C@@H](CO)C5)ncn4)cc32)c(Cl)c1. The Morgan fingerprint density at radius 3 is 2.85 bits per heavy atom. The lowest BCUT2D eigenvalue weighted by Gasteiger charge is -2.32. The van der Waals surface area contributed by atoms with Gasteiger partial charge in [-0.1, -0.05) is 11.6 Å². The predicted octanol–water partition coefficient (Wildman–Crippen LogP) is 2.82. The van der Waals surface area contributed by atoms with E-state index in [0.29, 0.717) is 48.1 Å². The van der Waals surface area contributed by atoms with Crippen LogP contribution in [0.15, 0.2) is 43.0 Å². The van der Waals surface area contributed by atoms with E-state index < -0.39 is 5.82 Å². The van der Waals surface area contributed by atoms with Crippen molar-refractivity contribution in [2.45, 2.75) is 6.10 Å². The molecule has 0 unspecified atom stereocenters. The van der Waals surface area contributed by atoms with Gasteiger partial charge in [-0.2, -0.15) is 10.4 Å². The van der Waals surface area contributed by atoms with Crippen LogP contribution in [0.2, 0.25) is 5.02 Å².